The highest BCUT2D eigenvalue weighted by Gasteiger charge is 3.01. The van der Waals surface area contributed by atoms with Gasteiger partial charge in [0.05, 0.1) is 39.3 Å². The molecule has 0 bridgehead atoms. The van der Waals surface area contributed by atoms with Gasteiger partial charge in [-0.05, 0) is 112 Å². The molecule has 10 rings (SSSR count). The first-order valence-electron chi connectivity index (χ1n) is 33.0. The number of amides is 9. The molecule has 4 heterocycles. The van der Waals surface area contributed by atoms with Gasteiger partial charge in [-0.2, -0.15) is 0 Å². The summed E-state index contributed by atoms with van der Waals surface area (Å²) in [7, 11) is -1.97. The molecule has 5 aromatic rings. The highest BCUT2D eigenvalue weighted by atomic mass is 35.5. The SMILES string of the molecule is CC(=O)C[C@@H](CCCCNC(C)=O)C(=O)N[C@H](C(=O)C[C@@H](CCCNC(N)=O)C(=O)Nc1ccc(COC(=O)N(C)CCN(C)C(=O)Oc2cc3c(c4c(C)c[nH]c24)[C@H](CCl)CN3C(=O)C23CC4(C(=O)N5C[C@@H](CCl)c6c5cc(OP(=O)(O)O)c5[nH]cc(C)c65)CC24C3)cc1)C(C)C. The van der Waals surface area contributed by atoms with Gasteiger partial charge >= 0.3 is 26.0 Å². The van der Waals surface area contributed by atoms with Crippen molar-refractivity contribution in [3.8, 4) is 11.5 Å². The number of carbonyl (C=O) groups excluding carboxylic acids is 10. The lowest BCUT2D eigenvalue weighted by Gasteiger charge is -2.37. The number of H-pyrrole nitrogens is 2. The lowest BCUT2D eigenvalue weighted by molar-refractivity contribution is -0.134. The minimum absolute atomic E-state index is 0.0227. The van der Waals surface area contributed by atoms with E-state index >= 15 is 4.79 Å². The number of fused-ring (bicyclic) bond motifs is 6. The van der Waals surface area contributed by atoms with E-state index in [1.54, 1.807) is 66.4 Å². The number of likely N-dealkylation sites (N-methyl/N-ethyl adjacent to an activating group) is 2. The van der Waals surface area contributed by atoms with E-state index in [-0.39, 0.29) is 123 Å². The Morgan fingerprint density at radius 1 is 0.724 bits per heavy atom. The van der Waals surface area contributed by atoms with E-state index in [0.29, 0.717) is 90.5 Å². The maximum atomic E-state index is 15.2. The van der Waals surface area contributed by atoms with Gasteiger partial charge in [-0.1, -0.05) is 32.4 Å². The summed E-state index contributed by atoms with van der Waals surface area (Å²) in [6.45, 7) is 11.1. The Morgan fingerprint density at radius 3 is 1.78 bits per heavy atom. The Morgan fingerprint density at radius 2 is 1.26 bits per heavy atom. The van der Waals surface area contributed by atoms with Crippen LogP contribution in [0.5, 0.6) is 11.5 Å². The van der Waals surface area contributed by atoms with Crippen molar-refractivity contribution in [3.05, 3.63) is 76.6 Å². The zero-order valence-corrected chi connectivity index (χ0v) is 58.6. The average molecular weight is 1420 g/mol. The number of Topliss-reactive ketones (excluding diaryl/α,β-unsaturated/α-hetero) is 2. The number of hydrogen-bond donors (Lipinski definition) is 9. The van der Waals surface area contributed by atoms with Gasteiger partial charge in [0.15, 0.2) is 17.3 Å². The van der Waals surface area contributed by atoms with Crippen molar-refractivity contribution in [1.82, 2.24) is 35.7 Å². The third-order valence-corrected chi connectivity index (χ3v) is 21.5. The van der Waals surface area contributed by atoms with Crippen LogP contribution in [0, 0.1) is 47.8 Å². The molecule has 3 aliphatic carbocycles. The standard InChI is InChI=1S/C68H86Cl2N11O16P/c1-36(2)56(77-60(86)42(22-39(5)82)12-9-10-18-72-40(6)83)49(84)23-43(13-11-19-73-63(71)89)59(85)76-46-16-14-41(15-17-46)32-95-64(90)78(7)20-21-79(8)65(91)96-50-24-47-54(52-37(3)28-74-57(50)52)44(26-69)30-80(47)61(87)66-33-67(35-68(66,67)34-66)62(88)81-31-45(27-70)55-48(81)25-51(97-98(92,93)94)58-53(55)38(4)29-75-58/h14-17,24-25,28-29,36,42-45,56,74-75H,9-13,18-23,26-27,30-35H2,1-8H3,(H,72,83)(H,76,85)(H,77,86)(H3,71,73,89)(H2,92,93,94)/t42-,43-,44-,45-,56+,66?,67?,68?/m1/s1. The van der Waals surface area contributed by atoms with Crippen molar-refractivity contribution < 1.29 is 76.3 Å². The fraction of sp³-hybridized carbons (Fsp3) is 0.529. The second kappa shape index (κ2) is 28.9. The number of anilines is 3. The van der Waals surface area contributed by atoms with Crippen LogP contribution in [0.3, 0.4) is 0 Å². The number of carbonyl (C=O) groups is 10. The van der Waals surface area contributed by atoms with Crippen LogP contribution in [0.4, 0.5) is 31.4 Å². The first-order valence-corrected chi connectivity index (χ1v) is 35.6. The summed E-state index contributed by atoms with van der Waals surface area (Å²) < 4.78 is 29.0. The molecule has 8 atom stereocenters. The lowest BCUT2D eigenvalue weighted by Crippen LogP contribution is -2.49. The van der Waals surface area contributed by atoms with Gasteiger partial charge in [-0.3, -0.25) is 38.6 Å². The lowest BCUT2D eigenvalue weighted by atomic mass is 9.72. The summed E-state index contributed by atoms with van der Waals surface area (Å²) in [5.41, 5.74) is 9.21. The van der Waals surface area contributed by atoms with Crippen LogP contribution >= 0.6 is 31.0 Å². The zero-order chi connectivity index (χ0) is 71.1. The fourth-order valence-electron chi connectivity index (χ4n) is 15.3. The normalized spacial score (nSPS) is 20.9. The molecule has 0 saturated heterocycles. The summed E-state index contributed by atoms with van der Waals surface area (Å²) in [5.74, 6) is -4.05. The number of aryl methyl sites for hydroxylation is 2. The van der Waals surface area contributed by atoms with Crippen molar-refractivity contribution >= 4 is 129 Å². The van der Waals surface area contributed by atoms with Gasteiger partial charge in [-0.15, -0.1) is 23.2 Å². The van der Waals surface area contributed by atoms with E-state index < -0.39 is 77.8 Å². The van der Waals surface area contributed by atoms with Gasteiger partial charge in [0.2, 0.25) is 29.5 Å². The minimum atomic E-state index is -5.00. The molecule has 5 aliphatic rings. The van der Waals surface area contributed by atoms with Crippen molar-refractivity contribution in [1.29, 1.82) is 0 Å². The molecule has 0 radical (unpaired) electrons. The van der Waals surface area contributed by atoms with Crippen LogP contribution in [-0.4, -0.2) is 160 Å². The van der Waals surface area contributed by atoms with Crippen molar-refractivity contribution in [2.24, 2.45) is 39.7 Å². The van der Waals surface area contributed by atoms with Gasteiger partial charge in [0.1, 0.15) is 12.4 Å². The number of nitrogens with two attached hydrogens (primary N) is 1. The number of ether oxygens (including phenoxy) is 2. The Kier molecular flexibility index (Phi) is 21.4. The number of alkyl halides is 2. The van der Waals surface area contributed by atoms with Crippen LogP contribution in [0.25, 0.3) is 21.8 Å². The summed E-state index contributed by atoms with van der Waals surface area (Å²) in [6.07, 6.45) is 5.11. The van der Waals surface area contributed by atoms with Gasteiger partial charge in [0, 0.05) is 155 Å². The number of unbranched alkanes of at least 4 members (excludes halogenated alkanes) is 1. The van der Waals surface area contributed by atoms with Crippen LogP contribution in [0.2, 0.25) is 0 Å². The Balaban J connectivity index is 0.732. The van der Waals surface area contributed by atoms with Crippen LogP contribution < -0.4 is 46.1 Å². The molecule has 9 amide bonds. The molecule has 528 valence electrons. The van der Waals surface area contributed by atoms with E-state index in [1.807, 2.05) is 13.8 Å². The summed E-state index contributed by atoms with van der Waals surface area (Å²) in [4.78, 5) is 166. The smallest absolute Gasteiger partial charge is 0.445 e. The number of nitrogens with zero attached hydrogens (tertiary/aromatic N) is 4. The largest absolute Gasteiger partial charge is 0.524 e. The number of benzene rings is 3. The molecular formula is C68H86Cl2N11O16P. The third-order valence-electron chi connectivity index (χ3n) is 20.4. The van der Waals surface area contributed by atoms with E-state index in [9.17, 15) is 57.5 Å². The molecule has 27 nitrogen and oxygen atoms in total. The number of urea groups is 1. The number of halogens is 2. The predicted octanol–water partition coefficient (Wildman–Crippen LogP) is 8.65. The molecule has 3 fully saturated rings. The third kappa shape index (κ3) is 14.5. The van der Waals surface area contributed by atoms with Crippen LogP contribution in [-0.2, 0) is 49.5 Å². The second-order valence-corrected chi connectivity index (χ2v) is 29.3. The highest BCUT2D eigenvalue weighted by molar-refractivity contribution is 7.46. The first-order chi connectivity index (χ1) is 46.4. The molecule has 2 aromatic heterocycles. The average Bonchev–Trinajstić information content (AvgIpc) is 1.40. The number of ketones is 2. The minimum Gasteiger partial charge on any atom is -0.445 e. The molecule has 30 heteroatoms. The summed E-state index contributed by atoms with van der Waals surface area (Å²) >= 11 is 13.3. The molecule has 3 saturated carbocycles. The maximum Gasteiger partial charge on any atom is 0.524 e. The number of aromatic nitrogens is 2. The van der Waals surface area contributed by atoms with Gasteiger partial charge in [0.25, 0.3) is 0 Å². The van der Waals surface area contributed by atoms with Crippen molar-refractivity contribution in [2.45, 2.75) is 130 Å². The fourth-order valence-corrected chi connectivity index (χ4v) is 16.2. The molecule has 2 aliphatic heterocycles. The Bertz CT molecular complexity index is 4060. The molecule has 3 unspecified atom stereocenters. The number of hydrogen-bond acceptors (Lipinski definition) is 14. The van der Waals surface area contributed by atoms with E-state index in [1.165, 1.54) is 43.8 Å². The monoisotopic (exact) mass is 1410 g/mol. The Hall–Kier alpha value is -8.23. The number of nitrogens with one attached hydrogen (secondary N) is 6. The highest BCUT2D eigenvalue weighted by Crippen LogP contribution is 3.01. The number of phosphoric ester groups is 1. The van der Waals surface area contributed by atoms with E-state index in [4.69, 9.17) is 42.9 Å². The number of primary amides is 1. The quantitative estimate of drug-likeness (QED) is 0.0114. The van der Waals surface area contributed by atoms with Crippen molar-refractivity contribution in [2.75, 3.05) is 80.2 Å². The predicted molar refractivity (Wildman–Crippen MR) is 366 cm³/mol. The zero-order valence-electron chi connectivity index (χ0n) is 56.2. The molecular weight excluding hydrogens is 1330 g/mol. The molecule has 3 aromatic carbocycles. The van der Waals surface area contributed by atoms with Gasteiger partial charge in [-0.25, -0.2) is 18.9 Å². The summed E-state index contributed by atoms with van der Waals surface area (Å²) in [5, 5.41) is 12.4. The van der Waals surface area contributed by atoms with E-state index in [0.717, 1.165) is 27.6 Å². The van der Waals surface area contributed by atoms with Gasteiger partial charge < -0.3 is 75.4 Å². The Labute approximate surface area is 576 Å². The van der Waals surface area contributed by atoms with Crippen LogP contribution in [0.1, 0.15) is 132 Å². The second-order valence-electron chi connectivity index (χ2n) is 27.5. The van der Waals surface area contributed by atoms with Crippen molar-refractivity contribution in [3.63, 3.8) is 0 Å². The molecule has 1 spiro atoms. The number of phosphoric acid groups is 1. The number of rotatable bonds is 31. The molecule has 98 heavy (non-hydrogen) atoms. The topological polar surface area (TPSA) is 375 Å². The summed E-state index contributed by atoms with van der Waals surface area (Å²) in [6, 6.07) is 7.97. The molecule has 10 N–H and O–H groups in total. The van der Waals surface area contributed by atoms with Crippen LogP contribution in [0.15, 0.2) is 48.8 Å². The first kappa shape index (κ1) is 72.5. The maximum absolute atomic E-state index is 15.2. The number of aromatic amines is 2. The van der Waals surface area contributed by atoms with E-state index in [2.05, 4.69) is 31.2 Å².